The van der Waals surface area contributed by atoms with E-state index in [9.17, 15) is 0 Å². The molecule has 0 saturated heterocycles. The molecule has 0 atom stereocenters. The van der Waals surface area contributed by atoms with Crippen molar-refractivity contribution < 1.29 is 0 Å². The maximum absolute atomic E-state index is 3.27. The van der Waals surface area contributed by atoms with Crippen LogP contribution < -0.4 is 0 Å². The third-order valence-corrected chi connectivity index (χ3v) is 2.24. The quantitative estimate of drug-likeness (QED) is 0.450. The summed E-state index contributed by atoms with van der Waals surface area (Å²) in [6, 6.07) is 4.24. The van der Waals surface area contributed by atoms with E-state index in [0.717, 1.165) is 11.3 Å². The molecule has 0 radical (unpaired) electrons. The van der Waals surface area contributed by atoms with Gasteiger partial charge in [0.25, 0.3) is 0 Å². The largest absolute Gasteiger partial charge is 0.348 e. The molecular formula is C9H9N3. The molecular weight excluding hydrogens is 150 g/mol. The van der Waals surface area contributed by atoms with E-state index in [1.165, 1.54) is 16.5 Å². The lowest BCUT2D eigenvalue weighted by Gasteiger charge is -1.79. The molecule has 3 rings (SSSR count). The van der Waals surface area contributed by atoms with Gasteiger partial charge in [0.15, 0.2) is 0 Å². The molecule has 0 aliphatic rings. The summed E-state index contributed by atoms with van der Waals surface area (Å²) in [5, 5.41) is 2.53. The molecule has 0 bridgehead atoms. The Bertz CT molecular complexity index is 538. The van der Waals surface area contributed by atoms with Crippen molar-refractivity contribution >= 4 is 22.1 Å². The smallest absolute Gasteiger partial charge is 0.117 e. The highest BCUT2D eigenvalue weighted by Crippen LogP contribution is 2.24. The van der Waals surface area contributed by atoms with Crippen LogP contribution in [-0.2, 0) is 0 Å². The number of H-pyrrole nitrogens is 3. The lowest BCUT2D eigenvalue weighted by Crippen LogP contribution is -1.70. The van der Waals surface area contributed by atoms with E-state index in [-0.39, 0.29) is 0 Å². The minimum Gasteiger partial charge on any atom is -0.348 e. The highest BCUT2D eigenvalue weighted by Gasteiger charge is 2.05. The molecule has 3 aromatic rings. The molecule has 3 N–H and O–H groups in total. The summed E-state index contributed by atoms with van der Waals surface area (Å²) in [7, 11) is 0. The van der Waals surface area contributed by atoms with Gasteiger partial charge < -0.3 is 15.0 Å². The van der Waals surface area contributed by atoms with Gasteiger partial charge in [-0.3, -0.25) is 0 Å². The highest BCUT2D eigenvalue weighted by molar-refractivity contribution is 6.05. The molecule has 0 amide bonds. The molecule has 0 fully saturated rings. The minimum atomic E-state index is 1.09. The Labute approximate surface area is 68.8 Å². The first-order valence-corrected chi connectivity index (χ1v) is 3.99. The van der Waals surface area contributed by atoms with Crippen LogP contribution >= 0.6 is 0 Å². The van der Waals surface area contributed by atoms with Crippen LogP contribution in [0.3, 0.4) is 0 Å². The van der Waals surface area contributed by atoms with Crippen LogP contribution in [0.1, 0.15) is 5.69 Å². The van der Waals surface area contributed by atoms with E-state index in [1.807, 2.05) is 6.20 Å². The molecule has 3 heteroatoms. The van der Waals surface area contributed by atoms with E-state index in [0.29, 0.717) is 0 Å². The zero-order valence-corrected chi connectivity index (χ0v) is 6.73. The standard InChI is InChI=1S/C9H9N3/c1-5-4-7-6-2-3-10-8(6)12-9(7)11-5/h2-4,10-12H,1H3. The number of rotatable bonds is 0. The summed E-state index contributed by atoms with van der Waals surface area (Å²) < 4.78 is 0. The molecule has 3 aromatic heterocycles. The van der Waals surface area contributed by atoms with Gasteiger partial charge in [-0.25, -0.2) is 0 Å². The molecule has 12 heavy (non-hydrogen) atoms. The Balaban J connectivity index is 2.64. The summed E-state index contributed by atoms with van der Waals surface area (Å²) in [5.41, 5.74) is 3.39. The monoisotopic (exact) mass is 159 g/mol. The maximum Gasteiger partial charge on any atom is 0.117 e. The van der Waals surface area contributed by atoms with Crippen LogP contribution in [0.2, 0.25) is 0 Å². The Morgan fingerprint density at radius 3 is 2.92 bits per heavy atom. The van der Waals surface area contributed by atoms with Crippen molar-refractivity contribution in [1.82, 2.24) is 15.0 Å². The molecule has 3 nitrogen and oxygen atoms in total. The van der Waals surface area contributed by atoms with Gasteiger partial charge in [0, 0.05) is 22.7 Å². The van der Waals surface area contributed by atoms with Crippen molar-refractivity contribution in [2.75, 3.05) is 0 Å². The Morgan fingerprint density at radius 1 is 1.08 bits per heavy atom. The number of hydrogen-bond acceptors (Lipinski definition) is 0. The fraction of sp³-hybridized carbons (Fsp3) is 0.111. The van der Waals surface area contributed by atoms with Crippen LogP contribution in [0.4, 0.5) is 0 Å². The normalized spacial score (nSPS) is 11.8. The van der Waals surface area contributed by atoms with Gasteiger partial charge in [-0.05, 0) is 19.1 Å². The average molecular weight is 159 g/mol. The number of nitrogens with one attached hydrogen (secondary N) is 3. The van der Waals surface area contributed by atoms with E-state index < -0.39 is 0 Å². The Kier molecular flexibility index (Phi) is 0.864. The topological polar surface area (TPSA) is 47.4 Å². The van der Waals surface area contributed by atoms with E-state index in [1.54, 1.807) is 0 Å². The van der Waals surface area contributed by atoms with Gasteiger partial charge in [-0.15, -0.1) is 0 Å². The number of hydrogen-bond donors (Lipinski definition) is 3. The molecule has 0 aliphatic carbocycles. The van der Waals surface area contributed by atoms with Gasteiger partial charge in [0.2, 0.25) is 0 Å². The second kappa shape index (κ2) is 1.75. The minimum absolute atomic E-state index is 1.09. The van der Waals surface area contributed by atoms with Crippen molar-refractivity contribution in [3.8, 4) is 0 Å². The number of fused-ring (bicyclic) bond motifs is 3. The molecule has 0 saturated carbocycles. The van der Waals surface area contributed by atoms with E-state index >= 15 is 0 Å². The first kappa shape index (κ1) is 5.94. The van der Waals surface area contributed by atoms with Gasteiger partial charge in [0.1, 0.15) is 11.3 Å². The molecule has 0 aliphatic heterocycles. The molecule has 0 spiro atoms. The fourth-order valence-corrected chi connectivity index (χ4v) is 1.72. The van der Waals surface area contributed by atoms with Gasteiger partial charge in [0.05, 0.1) is 0 Å². The van der Waals surface area contributed by atoms with Gasteiger partial charge >= 0.3 is 0 Å². The molecule has 0 unspecified atom stereocenters. The van der Waals surface area contributed by atoms with Crippen LogP contribution in [-0.4, -0.2) is 15.0 Å². The second-order valence-electron chi connectivity index (χ2n) is 3.13. The van der Waals surface area contributed by atoms with Crippen molar-refractivity contribution in [3.63, 3.8) is 0 Å². The Hall–Kier alpha value is -1.64. The van der Waals surface area contributed by atoms with Crippen molar-refractivity contribution in [2.24, 2.45) is 0 Å². The summed E-state index contributed by atoms with van der Waals surface area (Å²) in [6.07, 6.45) is 1.95. The summed E-state index contributed by atoms with van der Waals surface area (Å²) in [5.74, 6) is 0. The second-order valence-corrected chi connectivity index (χ2v) is 3.13. The first-order chi connectivity index (χ1) is 5.84. The lowest BCUT2D eigenvalue weighted by molar-refractivity contribution is 1.26. The van der Waals surface area contributed by atoms with Crippen LogP contribution in [0.5, 0.6) is 0 Å². The van der Waals surface area contributed by atoms with Gasteiger partial charge in [-0.1, -0.05) is 0 Å². The van der Waals surface area contributed by atoms with E-state index in [2.05, 4.69) is 34.0 Å². The average Bonchev–Trinajstić information content (AvgIpc) is 2.59. The number of aromatic amines is 3. The highest BCUT2D eigenvalue weighted by atomic mass is 14.9. The fourth-order valence-electron chi connectivity index (χ4n) is 1.72. The van der Waals surface area contributed by atoms with Gasteiger partial charge in [-0.2, -0.15) is 0 Å². The third kappa shape index (κ3) is 0.563. The zero-order valence-electron chi connectivity index (χ0n) is 6.73. The van der Waals surface area contributed by atoms with Crippen LogP contribution in [0.25, 0.3) is 22.1 Å². The molecule has 3 heterocycles. The summed E-state index contributed by atoms with van der Waals surface area (Å²) in [6.45, 7) is 2.06. The predicted molar refractivity (Wildman–Crippen MR) is 49.2 cm³/mol. The van der Waals surface area contributed by atoms with Crippen LogP contribution in [0, 0.1) is 6.92 Å². The third-order valence-electron chi connectivity index (χ3n) is 2.24. The number of aromatic nitrogens is 3. The summed E-state index contributed by atoms with van der Waals surface area (Å²) in [4.78, 5) is 9.67. The van der Waals surface area contributed by atoms with Crippen molar-refractivity contribution in [2.45, 2.75) is 6.92 Å². The zero-order chi connectivity index (χ0) is 8.13. The van der Waals surface area contributed by atoms with Crippen molar-refractivity contribution in [1.29, 1.82) is 0 Å². The van der Waals surface area contributed by atoms with E-state index in [4.69, 9.17) is 0 Å². The summed E-state index contributed by atoms with van der Waals surface area (Å²) >= 11 is 0. The molecule has 0 aromatic carbocycles. The first-order valence-electron chi connectivity index (χ1n) is 3.99. The molecule has 60 valence electrons. The van der Waals surface area contributed by atoms with Crippen molar-refractivity contribution in [3.05, 3.63) is 24.0 Å². The maximum atomic E-state index is 3.27. The SMILES string of the molecule is Cc1cc2c([nH]1)[nH]c1[nH]ccc12. The lowest BCUT2D eigenvalue weighted by atomic mass is 10.3. The Morgan fingerprint density at radius 2 is 2.00 bits per heavy atom. The number of aryl methyl sites for hydroxylation is 1. The predicted octanol–water partition coefficient (Wildman–Crippen LogP) is 2.29. The van der Waals surface area contributed by atoms with Crippen LogP contribution in [0.15, 0.2) is 18.3 Å².